The van der Waals surface area contributed by atoms with E-state index < -0.39 is 0 Å². The van der Waals surface area contributed by atoms with E-state index in [1.807, 2.05) is 35.3 Å². The van der Waals surface area contributed by atoms with E-state index in [1.54, 1.807) is 0 Å². The lowest BCUT2D eigenvalue weighted by Gasteiger charge is -2.13. The Labute approximate surface area is 111 Å². The minimum atomic E-state index is 0.916. The number of benzene rings is 1. The second-order valence-corrected chi connectivity index (χ2v) is 6.01. The predicted octanol–water partition coefficient (Wildman–Crippen LogP) is 4.32. The topological polar surface area (TPSA) is 0 Å². The van der Waals surface area contributed by atoms with Crippen molar-refractivity contribution in [1.82, 2.24) is 0 Å². The fourth-order valence-corrected chi connectivity index (χ4v) is 3.75. The van der Waals surface area contributed by atoms with Gasteiger partial charge in [0.15, 0.2) is 0 Å². The summed E-state index contributed by atoms with van der Waals surface area (Å²) in [6, 6.07) is 4.57. The van der Waals surface area contributed by atoms with Crippen LogP contribution in [0.4, 0.5) is 0 Å². The quantitative estimate of drug-likeness (QED) is 0.628. The Balaban J connectivity index is 3.19. The second kappa shape index (κ2) is 7.05. The third-order valence-corrected chi connectivity index (χ3v) is 4.72. The second-order valence-electron chi connectivity index (χ2n) is 2.98. The van der Waals surface area contributed by atoms with Crippen molar-refractivity contribution in [3.63, 3.8) is 0 Å². The van der Waals surface area contributed by atoms with Crippen LogP contribution in [0.25, 0.3) is 0 Å². The zero-order valence-corrected chi connectivity index (χ0v) is 12.6. The molecule has 1 aromatic rings. The number of rotatable bonds is 5. The van der Waals surface area contributed by atoms with Gasteiger partial charge >= 0.3 is 0 Å². The number of hydrogen-bond acceptors (Lipinski definition) is 4. The van der Waals surface area contributed by atoms with Crippen LogP contribution in [-0.2, 0) is 6.42 Å². The fraction of sp³-hybridized carbons (Fsp3) is 0.455. The summed E-state index contributed by atoms with van der Waals surface area (Å²) >= 11 is 9.81. The summed E-state index contributed by atoms with van der Waals surface area (Å²) in [5.41, 5.74) is 1.46. The van der Waals surface area contributed by atoms with Gasteiger partial charge in [-0.3, -0.25) is 0 Å². The molecule has 0 aliphatic heterocycles. The molecule has 0 spiro atoms. The highest BCUT2D eigenvalue weighted by Crippen LogP contribution is 2.34. The van der Waals surface area contributed by atoms with Gasteiger partial charge in [0, 0.05) is 14.7 Å². The summed E-state index contributed by atoms with van der Waals surface area (Å²) in [6.07, 6.45) is 7.48. The lowest BCUT2D eigenvalue weighted by molar-refractivity contribution is 1.02. The molecule has 0 heterocycles. The van der Waals surface area contributed by atoms with Crippen LogP contribution in [0.3, 0.4) is 0 Å². The summed E-state index contributed by atoms with van der Waals surface area (Å²) < 4.78 is 0. The largest absolute Gasteiger partial charge is 0.179 e. The van der Waals surface area contributed by atoms with Crippen LogP contribution >= 0.6 is 47.9 Å². The molecule has 0 saturated carbocycles. The standard InChI is InChI=1S/C11H16S4/c1-13-8-6-10(14-2)9(4-5-12)11(7-8)15-3/h6-7,12H,4-5H2,1-3H3. The molecule has 4 heteroatoms. The fourth-order valence-electron chi connectivity index (χ4n) is 1.44. The maximum absolute atomic E-state index is 4.33. The first-order chi connectivity index (χ1) is 7.26. The van der Waals surface area contributed by atoms with Crippen LogP contribution < -0.4 is 0 Å². The normalized spacial score (nSPS) is 10.7. The Morgan fingerprint density at radius 1 is 1.00 bits per heavy atom. The van der Waals surface area contributed by atoms with Crippen molar-refractivity contribution in [2.24, 2.45) is 0 Å². The molecule has 0 radical (unpaired) electrons. The summed E-state index contributed by atoms with van der Waals surface area (Å²) in [5.74, 6) is 0.916. The molecule has 0 amide bonds. The van der Waals surface area contributed by atoms with E-state index in [2.05, 4.69) is 43.5 Å². The first-order valence-corrected chi connectivity index (χ1v) is 8.97. The molecular weight excluding hydrogens is 260 g/mol. The molecule has 84 valence electrons. The summed E-state index contributed by atoms with van der Waals surface area (Å²) in [7, 11) is 0. The molecule has 0 nitrogen and oxygen atoms in total. The van der Waals surface area contributed by atoms with Crippen molar-refractivity contribution < 1.29 is 0 Å². The molecule has 0 saturated heterocycles. The monoisotopic (exact) mass is 276 g/mol. The molecule has 0 unspecified atom stereocenters. The molecule has 0 atom stereocenters. The molecule has 0 aliphatic rings. The summed E-state index contributed by atoms with van der Waals surface area (Å²) in [6.45, 7) is 0. The molecular formula is C11H16S4. The van der Waals surface area contributed by atoms with Crippen LogP contribution in [0.1, 0.15) is 5.56 Å². The first kappa shape index (κ1) is 13.7. The van der Waals surface area contributed by atoms with Crippen LogP contribution in [0, 0.1) is 0 Å². The van der Waals surface area contributed by atoms with Gasteiger partial charge in [0.05, 0.1) is 0 Å². The zero-order chi connectivity index (χ0) is 11.3. The van der Waals surface area contributed by atoms with Gasteiger partial charge in [-0.05, 0) is 48.6 Å². The molecule has 0 fully saturated rings. The molecule has 0 aliphatic carbocycles. The number of thioether (sulfide) groups is 3. The lowest BCUT2D eigenvalue weighted by atomic mass is 10.2. The SMILES string of the molecule is CSc1cc(SC)c(CCS)c(SC)c1. The summed E-state index contributed by atoms with van der Waals surface area (Å²) in [4.78, 5) is 4.16. The van der Waals surface area contributed by atoms with Crippen molar-refractivity contribution in [1.29, 1.82) is 0 Å². The Kier molecular flexibility index (Phi) is 6.43. The van der Waals surface area contributed by atoms with Gasteiger partial charge in [0.2, 0.25) is 0 Å². The van der Waals surface area contributed by atoms with Crippen molar-refractivity contribution >= 4 is 47.9 Å². The van der Waals surface area contributed by atoms with Gasteiger partial charge in [0.1, 0.15) is 0 Å². The first-order valence-electron chi connectivity index (χ1n) is 4.66. The van der Waals surface area contributed by atoms with E-state index in [4.69, 9.17) is 0 Å². The zero-order valence-electron chi connectivity index (χ0n) is 9.24. The predicted molar refractivity (Wildman–Crippen MR) is 79.3 cm³/mol. The Morgan fingerprint density at radius 3 is 1.87 bits per heavy atom. The average Bonchev–Trinajstić information content (AvgIpc) is 2.29. The van der Waals surface area contributed by atoms with E-state index in [9.17, 15) is 0 Å². The summed E-state index contributed by atoms with van der Waals surface area (Å²) in [5, 5.41) is 0. The van der Waals surface area contributed by atoms with E-state index in [0.717, 1.165) is 12.2 Å². The Morgan fingerprint density at radius 2 is 1.53 bits per heavy atom. The van der Waals surface area contributed by atoms with Gasteiger partial charge in [-0.15, -0.1) is 35.3 Å². The van der Waals surface area contributed by atoms with Crippen LogP contribution in [0.15, 0.2) is 26.8 Å². The van der Waals surface area contributed by atoms with Crippen LogP contribution in [-0.4, -0.2) is 24.5 Å². The van der Waals surface area contributed by atoms with E-state index in [0.29, 0.717) is 0 Å². The van der Waals surface area contributed by atoms with Gasteiger partial charge in [-0.25, -0.2) is 0 Å². The van der Waals surface area contributed by atoms with E-state index >= 15 is 0 Å². The van der Waals surface area contributed by atoms with Gasteiger partial charge in [-0.2, -0.15) is 12.6 Å². The average molecular weight is 277 g/mol. The minimum Gasteiger partial charge on any atom is -0.179 e. The highest BCUT2D eigenvalue weighted by Gasteiger charge is 2.09. The van der Waals surface area contributed by atoms with Crippen LogP contribution in [0.5, 0.6) is 0 Å². The van der Waals surface area contributed by atoms with Crippen LogP contribution in [0.2, 0.25) is 0 Å². The smallest absolute Gasteiger partial charge is 0.0124 e. The molecule has 0 bridgehead atoms. The lowest BCUT2D eigenvalue weighted by Crippen LogP contribution is -1.94. The third-order valence-electron chi connectivity index (χ3n) is 2.18. The van der Waals surface area contributed by atoms with Crippen molar-refractivity contribution in [3.05, 3.63) is 17.7 Å². The van der Waals surface area contributed by atoms with Gasteiger partial charge in [0.25, 0.3) is 0 Å². The molecule has 0 N–H and O–H groups in total. The van der Waals surface area contributed by atoms with E-state index in [1.165, 1.54) is 20.2 Å². The molecule has 1 aromatic carbocycles. The van der Waals surface area contributed by atoms with Gasteiger partial charge < -0.3 is 0 Å². The highest BCUT2D eigenvalue weighted by molar-refractivity contribution is 8.00. The Bertz CT molecular complexity index is 297. The maximum Gasteiger partial charge on any atom is 0.0124 e. The third kappa shape index (κ3) is 3.55. The number of hydrogen-bond donors (Lipinski definition) is 1. The van der Waals surface area contributed by atoms with Crippen molar-refractivity contribution in [2.75, 3.05) is 24.5 Å². The molecule has 15 heavy (non-hydrogen) atoms. The van der Waals surface area contributed by atoms with Crippen molar-refractivity contribution in [3.8, 4) is 0 Å². The Hall–Kier alpha value is 0.620. The van der Waals surface area contributed by atoms with E-state index in [-0.39, 0.29) is 0 Å². The molecule has 1 rings (SSSR count). The van der Waals surface area contributed by atoms with Gasteiger partial charge in [-0.1, -0.05) is 0 Å². The molecule has 0 aromatic heterocycles. The highest BCUT2D eigenvalue weighted by atomic mass is 32.2. The number of thiol groups is 1. The minimum absolute atomic E-state index is 0.916. The maximum atomic E-state index is 4.33. The van der Waals surface area contributed by atoms with Crippen molar-refractivity contribution in [2.45, 2.75) is 21.1 Å².